The number of hydrogen-bond donors (Lipinski definition) is 5. The van der Waals surface area contributed by atoms with Crippen LogP contribution in [0.1, 0.15) is 50.5 Å². The third-order valence-electron chi connectivity index (χ3n) is 5.69. The van der Waals surface area contributed by atoms with Crippen LogP contribution in [0.5, 0.6) is 0 Å². The maximum Gasteiger partial charge on any atom is 0.246 e. The summed E-state index contributed by atoms with van der Waals surface area (Å²) >= 11 is 0. The molecule has 1 aliphatic rings. The third-order valence-corrected chi connectivity index (χ3v) is 5.69. The lowest BCUT2D eigenvalue weighted by Gasteiger charge is -2.31. The summed E-state index contributed by atoms with van der Waals surface area (Å²) in [7, 11) is 0. The number of amides is 4. The number of aliphatic imine (C=N–C) groups is 1. The van der Waals surface area contributed by atoms with Gasteiger partial charge in [0.15, 0.2) is 5.96 Å². The second-order valence-electron chi connectivity index (χ2n) is 8.77. The van der Waals surface area contributed by atoms with Crippen LogP contribution in [0.3, 0.4) is 0 Å². The van der Waals surface area contributed by atoms with Crippen LogP contribution in [0, 0.1) is 0 Å². The molecule has 0 bridgehead atoms. The van der Waals surface area contributed by atoms with Crippen molar-refractivity contribution in [2.24, 2.45) is 22.2 Å². The Kier molecular flexibility index (Phi) is 11.5. The minimum atomic E-state index is -0.870. The molecule has 2 unspecified atom stereocenters. The summed E-state index contributed by atoms with van der Waals surface area (Å²) in [4.78, 5) is 55.8. The third kappa shape index (κ3) is 10.9. The van der Waals surface area contributed by atoms with Crippen molar-refractivity contribution in [1.82, 2.24) is 15.5 Å². The molecule has 0 saturated carbocycles. The zero-order valence-electron chi connectivity index (χ0n) is 20.1. The van der Waals surface area contributed by atoms with E-state index in [0.717, 1.165) is 12.0 Å². The first-order valence-corrected chi connectivity index (χ1v) is 12.0. The zero-order valence-corrected chi connectivity index (χ0v) is 20.1. The molecule has 192 valence electrons. The SMILES string of the molecule is NC(=O)CN1CC(CCCN=C(N)N)NC(=O)CCCCCC(=O)NC(Cc2ccccc2)C1=O. The van der Waals surface area contributed by atoms with Gasteiger partial charge in [0.05, 0.1) is 6.54 Å². The van der Waals surface area contributed by atoms with Gasteiger partial charge in [-0.1, -0.05) is 36.8 Å². The summed E-state index contributed by atoms with van der Waals surface area (Å²) in [6.45, 7) is 0.0991. The Labute approximate surface area is 205 Å². The summed E-state index contributed by atoms with van der Waals surface area (Å²) in [5.74, 6) is -1.53. The molecule has 11 heteroatoms. The smallest absolute Gasteiger partial charge is 0.246 e. The summed E-state index contributed by atoms with van der Waals surface area (Å²) in [6.07, 6.45) is 3.86. The summed E-state index contributed by atoms with van der Waals surface area (Å²) < 4.78 is 0. The van der Waals surface area contributed by atoms with Gasteiger partial charge in [-0.3, -0.25) is 24.2 Å². The lowest BCUT2D eigenvalue weighted by atomic mass is 10.0. The second kappa shape index (κ2) is 14.6. The lowest BCUT2D eigenvalue weighted by Crippen LogP contribution is -2.55. The predicted octanol–water partition coefficient (Wildman–Crippen LogP) is -0.470. The van der Waals surface area contributed by atoms with Gasteiger partial charge < -0.3 is 32.7 Å². The molecule has 0 aromatic heterocycles. The number of nitrogens with two attached hydrogens (primary N) is 3. The van der Waals surface area contributed by atoms with Crippen molar-refractivity contribution >= 4 is 29.6 Å². The van der Waals surface area contributed by atoms with E-state index in [-0.39, 0.29) is 43.7 Å². The maximum absolute atomic E-state index is 13.6. The Balaban J connectivity index is 2.29. The normalized spacial score (nSPS) is 20.3. The summed E-state index contributed by atoms with van der Waals surface area (Å²) in [6, 6.07) is 8.02. The highest BCUT2D eigenvalue weighted by Gasteiger charge is 2.29. The first-order valence-electron chi connectivity index (χ1n) is 12.0. The molecule has 0 spiro atoms. The fourth-order valence-corrected chi connectivity index (χ4v) is 4.03. The van der Waals surface area contributed by atoms with Crippen LogP contribution in [0.2, 0.25) is 0 Å². The molecule has 1 aliphatic heterocycles. The van der Waals surface area contributed by atoms with E-state index >= 15 is 0 Å². The maximum atomic E-state index is 13.6. The van der Waals surface area contributed by atoms with Gasteiger partial charge in [-0.15, -0.1) is 0 Å². The predicted molar refractivity (Wildman–Crippen MR) is 133 cm³/mol. The average Bonchev–Trinajstić information content (AvgIpc) is 2.80. The molecule has 11 nitrogen and oxygen atoms in total. The number of carbonyl (C=O) groups excluding carboxylic acids is 4. The topological polar surface area (TPSA) is 186 Å². The van der Waals surface area contributed by atoms with Crippen LogP contribution in [-0.2, 0) is 25.6 Å². The highest BCUT2D eigenvalue weighted by molar-refractivity contribution is 5.90. The van der Waals surface area contributed by atoms with Gasteiger partial charge >= 0.3 is 0 Å². The molecule has 35 heavy (non-hydrogen) atoms. The molecule has 1 aromatic rings. The van der Waals surface area contributed by atoms with Crippen molar-refractivity contribution < 1.29 is 19.2 Å². The monoisotopic (exact) mass is 487 g/mol. The fraction of sp³-hybridized carbons (Fsp3) is 0.542. The van der Waals surface area contributed by atoms with Gasteiger partial charge in [0, 0.05) is 38.4 Å². The first-order chi connectivity index (χ1) is 16.7. The van der Waals surface area contributed by atoms with E-state index in [0.29, 0.717) is 38.6 Å². The molecule has 1 aromatic carbocycles. The van der Waals surface area contributed by atoms with Crippen LogP contribution in [-0.4, -0.2) is 66.2 Å². The minimum absolute atomic E-state index is 0.0231. The molecule has 2 rings (SSSR count). The first kappa shape index (κ1) is 27.6. The van der Waals surface area contributed by atoms with Crippen LogP contribution in [0.25, 0.3) is 0 Å². The molecule has 1 heterocycles. The van der Waals surface area contributed by atoms with Gasteiger partial charge in [-0.05, 0) is 31.2 Å². The van der Waals surface area contributed by atoms with Crippen molar-refractivity contribution in [1.29, 1.82) is 0 Å². The molecular weight excluding hydrogens is 450 g/mol. The molecule has 0 aliphatic carbocycles. The number of rotatable bonds is 8. The summed E-state index contributed by atoms with van der Waals surface area (Å²) in [5.41, 5.74) is 17.1. The van der Waals surface area contributed by atoms with E-state index in [1.54, 1.807) is 0 Å². The molecule has 1 saturated heterocycles. The van der Waals surface area contributed by atoms with E-state index in [1.807, 2.05) is 30.3 Å². The Morgan fingerprint density at radius 1 is 0.971 bits per heavy atom. The Morgan fingerprint density at radius 3 is 2.26 bits per heavy atom. The Bertz CT molecular complexity index is 887. The molecule has 2 atom stereocenters. The highest BCUT2D eigenvalue weighted by Crippen LogP contribution is 2.12. The fourth-order valence-electron chi connectivity index (χ4n) is 4.03. The molecule has 0 radical (unpaired) electrons. The van der Waals surface area contributed by atoms with Crippen molar-refractivity contribution in [3.8, 4) is 0 Å². The number of benzene rings is 1. The molecular formula is C24H37N7O4. The Morgan fingerprint density at radius 2 is 1.63 bits per heavy atom. The number of hydrogen-bond acceptors (Lipinski definition) is 5. The van der Waals surface area contributed by atoms with E-state index < -0.39 is 23.9 Å². The van der Waals surface area contributed by atoms with E-state index in [1.165, 1.54) is 4.90 Å². The van der Waals surface area contributed by atoms with Crippen molar-refractivity contribution in [2.75, 3.05) is 19.6 Å². The van der Waals surface area contributed by atoms with Crippen molar-refractivity contribution in [3.63, 3.8) is 0 Å². The van der Waals surface area contributed by atoms with Crippen LogP contribution >= 0.6 is 0 Å². The minimum Gasteiger partial charge on any atom is -0.370 e. The van der Waals surface area contributed by atoms with E-state index in [2.05, 4.69) is 15.6 Å². The van der Waals surface area contributed by atoms with Crippen molar-refractivity contribution in [3.05, 3.63) is 35.9 Å². The standard InChI is InChI=1S/C24H37N7O4/c25-20(32)16-31-15-18(10-7-13-28-24(26)27)29-21(33)11-5-2-6-12-22(34)30-19(23(31)35)14-17-8-3-1-4-9-17/h1,3-4,8-9,18-19H,2,5-7,10-16H2,(H2,25,32)(H,29,33)(H,30,34)(H4,26,27,28). The van der Waals surface area contributed by atoms with Crippen molar-refractivity contribution in [2.45, 2.75) is 63.5 Å². The molecule has 8 N–H and O–H groups in total. The van der Waals surface area contributed by atoms with Gasteiger partial charge in [0.1, 0.15) is 6.04 Å². The van der Waals surface area contributed by atoms with Crippen LogP contribution in [0.15, 0.2) is 35.3 Å². The number of carbonyl (C=O) groups is 4. The van der Waals surface area contributed by atoms with Gasteiger partial charge in [0.25, 0.3) is 0 Å². The largest absolute Gasteiger partial charge is 0.370 e. The lowest BCUT2D eigenvalue weighted by molar-refractivity contribution is -0.139. The van der Waals surface area contributed by atoms with Gasteiger partial charge in [0.2, 0.25) is 23.6 Å². The molecule has 1 fully saturated rings. The van der Waals surface area contributed by atoms with Gasteiger partial charge in [-0.2, -0.15) is 0 Å². The van der Waals surface area contributed by atoms with E-state index in [9.17, 15) is 19.2 Å². The number of primary amides is 1. The quantitative estimate of drug-likeness (QED) is 0.187. The second-order valence-corrected chi connectivity index (χ2v) is 8.77. The van der Waals surface area contributed by atoms with Crippen LogP contribution < -0.4 is 27.8 Å². The van der Waals surface area contributed by atoms with Gasteiger partial charge in [-0.25, -0.2) is 0 Å². The average molecular weight is 488 g/mol. The highest BCUT2D eigenvalue weighted by atomic mass is 16.2. The number of nitrogens with zero attached hydrogens (tertiary/aromatic N) is 2. The van der Waals surface area contributed by atoms with Crippen LogP contribution in [0.4, 0.5) is 0 Å². The zero-order chi connectivity index (χ0) is 25.6. The Hall–Kier alpha value is -3.63. The van der Waals surface area contributed by atoms with E-state index in [4.69, 9.17) is 17.2 Å². The summed E-state index contributed by atoms with van der Waals surface area (Å²) in [5, 5.41) is 5.82. The molecule has 4 amide bonds. The number of nitrogens with one attached hydrogen (secondary N) is 2. The number of guanidine groups is 1.